The maximum Gasteiger partial charge on any atom is 0.322 e. The summed E-state index contributed by atoms with van der Waals surface area (Å²) in [4.78, 5) is 30.9. The summed E-state index contributed by atoms with van der Waals surface area (Å²) in [5.41, 5.74) is 1.09. The number of nitrogens with zero attached hydrogens (tertiary/aromatic N) is 2. The highest BCUT2D eigenvalue weighted by molar-refractivity contribution is 7.09. The summed E-state index contributed by atoms with van der Waals surface area (Å²) < 4.78 is 0. The molecule has 1 heterocycles. The van der Waals surface area contributed by atoms with Gasteiger partial charge in [0.05, 0.1) is 6.54 Å². The molecule has 3 amide bonds. The van der Waals surface area contributed by atoms with Crippen LogP contribution in [-0.2, 0) is 6.54 Å². The fraction of sp³-hybridized carbons (Fsp3) is 0.450. The van der Waals surface area contributed by atoms with Gasteiger partial charge in [0.25, 0.3) is 5.91 Å². The van der Waals surface area contributed by atoms with Gasteiger partial charge in [0.1, 0.15) is 10.7 Å². The average Bonchev–Trinajstić information content (AvgIpc) is 3.15. The van der Waals surface area contributed by atoms with Crippen LogP contribution < -0.4 is 10.6 Å². The zero-order valence-corrected chi connectivity index (χ0v) is 17.9. The minimum absolute atomic E-state index is 0.165. The van der Waals surface area contributed by atoms with Gasteiger partial charge in [-0.15, -0.1) is 11.3 Å². The van der Waals surface area contributed by atoms with Crippen LogP contribution in [0.15, 0.2) is 29.6 Å². The number of halogens is 1. The van der Waals surface area contributed by atoms with Crippen LogP contribution in [0.2, 0.25) is 5.02 Å². The Balaban J connectivity index is 2.00. The number of hydrogen-bond acceptors (Lipinski definition) is 4. The van der Waals surface area contributed by atoms with Gasteiger partial charge in [0.15, 0.2) is 0 Å². The lowest BCUT2D eigenvalue weighted by molar-refractivity contribution is 0.0948. The van der Waals surface area contributed by atoms with Crippen molar-refractivity contribution in [2.75, 3.05) is 18.4 Å². The Kier molecular flexibility index (Phi) is 9.23. The number of rotatable bonds is 10. The molecule has 0 aliphatic heterocycles. The van der Waals surface area contributed by atoms with Crippen molar-refractivity contribution in [3.8, 4) is 0 Å². The number of urea groups is 1. The van der Waals surface area contributed by atoms with Crippen LogP contribution in [0.3, 0.4) is 0 Å². The summed E-state index contributed by atoms with van der Waals surface area (Å²) in [6.45, 7) is 5.79. The second kappa shape index (κ2) is 11.7. The Morgan fingerprint density at radius 1 is 1.14 bits per heavy atom. The van der Waals surface area contributed by atoms with Crippen molar-refractivity contribution < 1.29 is 9.59 Å². The molecule has 2 aromatic rings. The van der Waals surface area contributed by atoms with Crippen molar-refractivity contribution >= 4 is 40.6 Å². The zero-order valence-electron chi connectivity index (χ0n) is 16.3. The molecule has 1 aromatic heterocycles. The van der Waals surface area contributed by atoms with E-state index < -0.39 is 0 Å². The van der Waals surface area contributed by atoms with E-state index in [4.69, 9.17) is 11.6 Å². The zero-order chi connectivity index (χ0) is 20.4. The van der Waals surface area contributed by atoms with Crippen LogP contribution in [0, 0.1) is 0 Å². The first-order valence-corrected chi connectivity index (χ1v) is 10.8. The van der Waals surface area contributed by atoms with Crippen LogP contribution in [0.5, 0.6) is 0 Å². The molecule has 0 bridgehead atoms. The molecule has 8 heteroatoms. The van der Waals surface area contributed by atoms with Crippen LogP contribution in [0.25, 0.3) is 0 Å². The summed E-state index contributed by atoms with van der Waals surface area (Å²) in [5, 5.41) is 8.85. The SMILES string of the molecule is CCCCNC(=O)c1csc(CN(CCCC)C(=O)Nc2ccc(Cl)cc2)n1. The summed E-state index contributed by atoms with van der Waals surface area (Å²) in [6.07, 6.45) is 3.84. The molecule has 0 spiro atoms. The molecule has 2 rings (SSSR count). The minimum atomic E-state index is -0.195. The quantitative estimate of drug-likeness (QED) is 0.519. The topological polar surface area (TPSA) is 74.3 Å². The van der Waals surface area contributed by atoms with Gasteiger partial charge in [0.2, 0.25) is 0 Å². The number of benzene rings is 1. The molecule has 28 heavy (non-hydrogen) atoms. The van der Waals surface area contributed by atoms with E-state index in [1.54, 1.807) is 34.5 Å². The Bertz CT molecular complexity index is 764. The number of carbonyl (C=O) groups excluding carboxylic acids is 2. The molecule has 6 nitrogen and oxygen atoms in total. The van der Waals surface area contributed by atoms with E-state index in [2.05, 4.69) is 29.5 Å². The molecule has 0 radical (unpaired) electrons. The first kappa shape index (κ1) is 22.2. The molecular formula is C20H27ClN4O2S. The van der Waals surface area contributed by atoms with Crippen LogP contribution in [0.1, 0.15) is 55.0 Å². The maximum absolute atomic E-state index is 12.7. The molecule has 0 aliphatic rings. The van der Waals surface area contributed by atoms with Crippen molar-refractivity contribution in [3.05, 3.63) is 45.4 Å². The van der Waals surface area contributed by atoms with Gasteiger partial charge < -0.3 is 15.5 Å². The van der Waals surface area contributed by atoms with E-state index in [0.717, 1.165) is 30.7 Å². The highest BCUT2D eigenvalue weighted by Gasteiger charge is 2.17. The molecule has 0 fully saturated rings. The fourth-order valence-corrected chi connectivity index (χ4v) is 3.37. The van der Waals surface area contributed by atoms with E-state index in [0.29, 0.717) is 36.0 Å². The van der Waals surface area contributed by atoms with Crippen molar-refractivity contribution in [1.29, 1.82) is 0 Å². The normalized spacial score (nSPS) is 10.5. The van der Waals surface area contributed by atoms with E-state index >= 15 is 0 Å². The summed E-state index contributed by atoms with van der Waals surface area (Å²) >= 11 is 7.29. The summed E-state index contributed by atoms with van der Waals surface area (Å²) in [6, 6.07) is 6.80. The predicted molar refractivity (Wildman–Crippen MR) is 115 cm³/mol. The molecule has 152 valence electrons. The standard InChI is InChI=1S/C20H27ClN4O2S/c1-3-5-11-22-19(26)17-14-28-18(24-17)13-25(12-6-4-2)20(27)23-16-9-7-15(21)8-10-16/h7-10,14H,3-6,11-13H2,1-2H3,(H,22,26)(H,23,27). The van der Waals surface area contributed by atoms with Crippen molar-refractivity contribution in [3.63, 3.8) is 0 Å². The number of thiazole rings is 1. The van der Waals surface area contributed by atoms with Gasteiger partial charge in [-0.25, -0.2) is 9.78 Å². The van der Waals surface area contributed by atoms with E-state index in [1.807, 2.05) is 0 Å². The van der Waals surface area contributed by atoms with Gasteiger partial charge in [-0.05, 0) is 37.1 Å². The van der Waals surface area contributed by atoms with Gasteiger partial charge >= 0.3 is 6.03 Å². The van der Waals surface area contributed by atoms with Gasteiger partial charge in [0, 0.05) is 29.2 Å². The molecule has 0 atom stereocenters. The molecule has 0 saturated heterocycles. The second-order valence-electron chi connectivity index (χ2n) is 6.45. The van der Waals surface area contributed by atoms with Crippen molar-refractivity contribution in [1.82, 2.24) is 15.2 Å². The second-order valence-corrected chi connectivity index (χ2v) is 7.83. The molecule has 0 saturated carbocycles. The fourth-order valence-electron chi connectivity index (χ4n) is 2.46. The van der Waals surface area contributed by atoms with Gasteiger partial charge in [-0.1, -0.05) is 38.3 Å². The largest absolute Gasteiger partial charge is 0.351 e. The monoisotopic (exact) mass is 422 g/mol. The van der Waals surface area contributed by atoms with Crippen molar-refractivity contribution in [2.45, 2.75) is 46.1 Å². The predicted octanol–water partition coefficient (Wildman–Crippen LogP) is 5.16. The Morgan fingerprint density at radius 2 is 1.86 bits per heavy atom. The molecule has 0 aliphatic carbocycles. The third-order valence-corrected chi connectivity index (χ3v) is 5.18. The van der Waals surface area contributed by atoms with E-state index in [9.17, 15) is 9.59 Å². The van der Waals surface area contributed by atoms with Gasteiger partial charge in [-0.3, -0.25) is 4.79 Å². The van der Waals surface area contributed by atoms with Gasteiger partial charge in [-0.2, -0.15) is 0 Å². The lowest BCUT2D eigenvalue weighted by Crippen LogP contribution is -2.35. The number of anilines is 1. The van der Waals surface area contributed by atoms with Crippen LogP contribution in [-0.4, -0.2) is 34.9 Å². The summed E-state index contributed by atoms with van der Waals surface area (Å²) in [7, 11) is 0. The first-order valence-electron chi connectivity index (χ1n) is 9.57. The number of aromatic nitrogens is 1. The number of unbranched alkanes of at least 4 members (excludes halogenated alkanes) is 2. The molecule has 0 unspecified atom stereocenters. The summed E-state index contributed by atoms with van der Waals surface area (Å²) in [5.74, 6) is -0.165. The Morgan fingerprint density at radius 3 is 2.54 bits per heavy atom. The maximum atomic E-state index is 12.7. The molecule has 2 N–H and O–H groups in total. The number of carbonyl (C=O) groups is 2. The van der Waals surface area contributed by atoms with E-state index in [1.165, 1.54) is 11.3 Å². The number of amides is 3. The molecule has 1 aromatic carbocycles. The first-order chi connectivity index (χ1) is 13.5. The van der Waals surface area contributed by atoms with Crippen LogP contribution in [0.4, 0.5) is 10.5 Å². The Hall–Kier alpha value is -2.12. The van der Waals surface area contributed by atoms with Crippen LogP contribution >= 0.6 is 22.9 Å². The third-order valence-electron chi connectivity index (χ3n) is 4.09. The lowest BCUT2D eigenvalue weighted by atomic mass is 10.3. The smallest absolute Gasteiger partial charge is 0.322 e. The number of hydrogen-bond donors (Lipinski definition) is 2. The highest BCUT2D eigenvalue weighted by atomic mass is 35.5. The average molecular weight is 423 g/mol. The highest BCUT2D eigenvalue weighted by Crippen LogP contribution is 2.17. The minimum Gasteiger partial charge on any atom is -0.351 e. The molecular weight excluding hydrogens is 396 g/mol. The Labute approximate surface area is 175 Å². The third kappa shape index (κ3) is 7.13. The lowest BCUT2D eigenvalue weighted by Gasteiger charge is -2.22. The van der Waals surface area contributed by atoms with Crippen molar-refractivity contribution in [2.24, 2.45) is 0 Å². The van der Waals surface area contributed by atoms with E-state index in [-0.39, 0.29) is 11.9 Å². The number of nitrogens with one attached hydrogen (secondary N) is 2.